The Morgan fingerprint density at radius 2 is 2.04 bits per heavy atom. The highest BCUT2D eigenvalue weighted by Crippen LogP contribution is 2.21. The number of hydrogen-bond acceptors (Lipinski definition) is 3. The number of hydrogen-bond donors (Lipinski definition) is 1. The number of nitrogens with zero attached hydrogens (tertiary/aromatic N) is 2. The minimum atomic E-state index is -0.161. The molecule has 0 aromatic carbocycles. The number of piperidine rings is 1. The first-order chi connectivity index (χ1) is 11.2. The van der Waals surface area contributed by atoms with E-state index in [9.17, 15) is 9.59 Å². The van der Waals surface area contributed by atoms with E-state index in [0.717, 1.165) is 38.6 Å². The van der Waals surface area contributed by atoms with E-state index in [2.05, 4.69) is 24.1 Å². The zero-order chi connectivity index (χ0) is 16.7. The van der Waals surface area contributed by atoms with Crippen LogP contribution in [0.2, 0.25) is 0 Å². The summed E-state index contributed by atoms with van der Waals surface area (Å²) in [6.45, 7) is 5.64. The van der Waals surface area contributed by atoms with Crippen molar-refractivity contribution in [1.82, 2.24) is 15.2 Å². The molecule has 0 aliphatic carbocycles. The molecule has 2 heterocycles. The van der Waals surface area contributed by atoms with Crippen LogP contribution in [0.1, 0.15) is 73.1 Å². The number of carbonyl (C=O) groups is 2. The molecule has 1 aromatic rings. The van der Waals surface area contributed by atoms with Gasteiger partial charge >= 0.3 is 0 Å². The molecule has 5 heteroatoms. The molecule has 1 aliphatic rings. The molecule has 1 aromatic heterocycles. The zero-order valence-electron chi connectivity index (χ0n) is 14.2. The smallest absolute Gasteiger partial charge is 0.255 e. The van der Waals surface area contributed by atoms with Crippen LogP contribution in [0.3, 0.4) is 0 Å². The first-order valence-electron chi connectivity index (χ1n) is 8.71. The van der Waals surface area contributed by atoms with Gasteiger partial charge in [0.2, 0.25) is 0 Å². The summed E-state index contributed by atoms with van der Waals surface area (Å²) >= 11 is 0. The van der Waals surface area contributed by atoms with Gasteiger partial charge in [-0.1, -0.05) is 20.3 Å². The van der Waals surface area contributed by atoms with Crippen molar-refractivity contribution in [2.75, 3.05) is 13.1 Å². The van der Waals surface area contributed by atoms with Gasteiger partial charge in [0.05, 0.1) is 11.1 Å². The van der Waals surface area contributed by atoms with Gasteiger partial charge in [-0.3, -0.25) is 14.6 Å². The summed E-state index contributed by atoms with van der Waals surface area (Å²) in [6.07, 6.45) is 9.32. The second-order valence-corrected chi connectivity index (χ2v) is 6.13. The topological polar surface area (TPSA) is 62.3 Å². The average Bonchev–Trinajstić information content (AvgIpc) is 2.61. The van der Waals surface area contributed by atoms with Gasteiger partial charge in [0.25, 0.3) is 11.8 Å². The number of nitrogens with one attached hydrogen (secondary N) is 1. The van der Waals surface area contributed by atoms with Gasteiger partial charge in [0.15, 0.2) is 0 Å². The van der Waals surface area contributed by atoms with Gasteiger partial charge in [-0.2, -0.15) is 0 Å². The lowest BCUT2D eigenvalue weighted by Gasteiger charge is -2.35. The molecule has 0 saturated carbocycles. The molecule has 2 rings (SSSR count). The number of rotatable bonds is 6. The van der Waals surface area contributed by atoms with Crippen LogP contribution in [0.5, 0.6) is 0 Å². The summed E-state index contributed by atoms with van der Waals surface area (Å²) < 4.78 is 0. The van der Waals surface area contributed by atoms with E-state index < -0.39 is 0 Å². The summed E-state index contributed by atoms with van der Waals surface area (Å²) in [5.74, 6) is -0.168. The van der Waals surface area contributed by atoms with E-state index in [4.69, 9.17) is 0 Å². The quantitative estimate of drug-likeness (QED) is 0.820. The van der Waals surface area contributed by atoms with Crippen LogP contribution in [0.15, 0.2) is 18.5 Å². The van der Waals surface area contributed by atoms with E-state index in [0.29, 0.717) is 23.7 Å². The Bertz CT molecular complexity index is 545. The molecule has 0 radical (unpaired) electrons. The predicted molar refractivity (Wildman–Crippen MR) is 90.4 cm³/mol. The van der Waals surface area contributed by atoms with Gasteiger partial charge in [-0.05, 0) is 38.2 Å². The van der Waals surface area contributed by atoms with Crippen LogP contribution in [-0.4, -0.2) is 40.8 Å². The maximum atomic E-state index is 12.8. The van der Waals surface area contributed by atoms with E-state index >= 15 is 0 Å². The lowest BCUT2D eigenvalue weighted by Crippen LogP contribution is -2.43. The molecule has 2 amide bonds. The molecule has 1 atom stereocenters. The van der Waals surface area contributed by atoms with Crippen LogP contribution in [0.4, 0.5) is 0 Å². The maximum absolute atomic E-state index is 12.8. The summed E-state index contributed by atoms with van der Waals surface area (Å²) in [5.41, 5.74) is 0.963. The monoisotopic (exact) mass is 317 g/mol. The summed E-state index contributed by atoms with van der Waals surface area (Å²) in [6, 6.07) is 1.97. The Hall–Kier alpha value is -1.91. The van der Waals surface area contributed by atoms with Crippen molar-refractivity contribution in [2.45, 2.75) is 58.4 Å². The number of amides is 2. The first kappa shape index (κ1) is 17.4. The first-order valence-corrected chi connectivity index (χ1v) is 8.71. The molecule has 1 N–H and O–H groups in total. The summed E-state index contributed by atoms with van der Waals surface area (Å²) in [7, 11) is 0. The molecule has 5 nitrogen and oxygen atoms in total. The fraction of sp³-hybridized carbons (Fsp3) is 0.611. The number of aromatic nitrogens is 1. The number of unbranched alkanes of at least 4 members (excludes halogenated alkanes) is 1. The standard InChI is InChI=1S/C18H27N3O2/c1-3-5-9-20-17(22)14-11-15(13-19-12-14)18(23)21-10-7-6-8-16(21)4-2/h11-13,16H,3-10H2,1-2H3,(H,20,22). The van der Waals surface area contributed by atoms with E-state index in [1.807, 2.05) is 4.90 Å². The second kappa shape index (κ2) is 8.65. The maximum Gasteiger partial charge on any atom is 0.255 e. The van der Waals surface area contributed by atoms with Crippen LogP contribution >= 0.6 is 0 Å². The average molecular weight is 317 g/mol. The van der Waals surface area contributed by atoms with Crippen molar-refractivity contribution >= 4 is 11.8 Å². The highest BCUT2D eigenvalue weighted by atomic mass is 16.2. The van der Waals surface area contributed by atoms with Crippen LogP contribution in [0.25, 0.3) is 0 Å². The predicted octanol–water partition coefficient (Wildman–Crippen LogP) is 3.02. The molecule has 0 bridgehead atoms. The van der Waals surface area contributed by atoms with E-state index in [1.165, 1.54) is 12.6 Å². The minimum Gasteiger partial charge on any atom is -0.352 e. The zero-order valence-corrected chi connectivity index (χ0v) is 14.2. The number of likely N-dealkylation sites (tertiary alicyclic amines) is 1. The molecule has 1 aliphatic heterocycles. The van der Waals surface area contributed by atoms with Gasteiger partial charge in [-0.15, -0.1) is 0 Å². The van der Waals surface area contributed by atoms with Crippen LogP contribution in [0, 0.1) is 0 Å². The molecule has 1 fully saturated rings. The number of pyridine rings is 1. The largest absolute Gasteiger partial charge is 0.352 e. The molecule has 0 spiro atoms. The second-order valence-electron chi connectivity index (χ2n) is 6.13. The molecule has 1 unspecified atom stereocenters. The minimum absolute atomic E-state index is 0.00717. The van der Waals surface area contributed by atoms with Crippen molar-refractivity contribution in [3.8, 4) is 0 Å². The van der Waals surface area contributed by atoms with Gasteiger partial charge in [-0.25, -0.2) is 0 Å². The third kappa shape index (κ3) is 4.53. The fourth-order valence-corrected chi connectivity index (χ4v) is 3.02. The van der Waals surface area contributed by atoms with E-state index in [1.54, 1.807) is 12.3 Å². The Labute approximate surface area is 138 Å². The third-order valence-corrected chi connectivity index (χ3v) is 4.42. The normalized spacial score (nSPS) is 17.8. The van der Waals surface area contributed by atoms with Gasteiger partial charge in [0, 0.05) is 31.5 Å². The third-order valence-electron chi connectivity index (χ3n) is 4.42. The molecular weight excluding hydrogens is 290 g/mol. The van der Waals surface area contributed by atoms with Crippen molar-refractivity contribution in [3.05, 3.63) is 29.6 Å². The number of carbonyl (C=O) groups excluding carboxylic acids is 2. The fourth-order valence-electron chi connectivity index (χ4n) is 3.02. The summed E-state index contributed by atoms with van der Waals surface area (Å²) in [4.78, 5) is 30.9. The van der Waals surface area contributed by atoms with Crippen molar-refractivity contribution in [2.24, 2.45) is 0 Å². The highest BCUT2D eigenvalue weighted by molar-refractivity contribution is 5.99. The summed E-state index contributed by atoms with van der Waals surface area (Å²) in [5, 5.41) is 2.86. The Morgan fingerprint density at radius 1 is 1.26 bits per heavy atom. The van der Waals surface area contributed by atoms with Crippen LogP contribution in [-0.2, 0) is 0 Å². The Morgan fingerprint density at radius 3 is 2.78 bits per heavy atom. The SMILES string of the molecule is CCCCNC(=O)c1cncc(C(=O)N2CCCCC2CC)c1. The van der Waals surface area contributed by atoms with Crippen molar-refractivity contribution in [3.63, 3.8) is 0 Å². The van der Waals surface area contributed by atoms with Gasteiger partial charge in [0.1, 0.15) is 0 Å². The molecular formula is C18H27N3O2. The highest BCUT2D eigenvalue weighted by Gasteiger charge is 2.26. The Kier molecular flexibility index (Phi) is 6.56. The van der Waals surface area contributed by atoms with E-state index in [-0.39, 0.29) is 11.8 Å². The van der Waals surface area contributed by atoms with Gasteiger partial charge < -0.3 is 10.2 Å². The van der Waals surface area contributed by atoms with Crippen LogP contribution < -0.4 is 5.32 Å². The van der Waals surface area contributed by atoms with Crippen molar-refractivity contribution in [1.29, 1.82) is 0 Å². The Balaban J connectivity index is 2.09. The lowest BCUT2D eigenvalue weighted by atomic mass is 9.99. The molecule has 23 heavy (non-hydrogen) atoms. The molecule has 1 saturated heterocycles. The lowest BCUT2D eigenvalue weighted by molar-refractivity contribution is 0.0607. The molecule has 126 valence electrons. The van der Waals surface area contributed by atoms with Crippen molar-refractivity contribution < 1.29 is 9.59 Å².